The first-order valence-electron chi connectivity index (χ1n) is 4.14. The van der Waals surface area contributed by atoms with Crippen LogP contribution in [0.3, 0.4) is 0 Å². The highest BCUT2D eigenvalue weighted by Gasteiger charge is 2.23. The van der Waals surface area contributed by atoms with Crippen LogP contribution in [0.1, 0.15) is 25.5 Å². The lowest BCUT2D eigenvalue weighted by molar-refractivity contribution is 0.605. The summed E-state index contributed by atoms with van der Waals surface area (Å²) in [5, 5.41) is 0. The molecule has 0 fully saturated rings. The maximum Gasteiger partial charge on any atom is 0.174 e. The average Bonchev–Trinajstić information content (AvgIpc) is 2.47. The van der Waals surface area contributed by atoms with Crippen molar-refractivity contribution in [2.75, 3.05) is 0 Å². The second-order valence-corrected chi connectivity index (χ2v) is 3.31. The predicted octanol–water partition coefficient (Wildman–Crippen LogP) is 1.93. The minimum Gasteiger partial charge on any atom is -0.255 e. The van der Waals surface area contributed by atoms with E-state index >= 15 is 0 Å². The fraction of sp³-hybridized carbons (Fsp3) is 0.444. The van der Waals surface area contributed by atoms with Crippen molar-refractivity contribution in [3.8, 4) is 0 Å². The van der Waals surface area contributed by atoms with Crippen molar-refractivity contribution in [1.29, 1.82) is 0 Å². The molecular weight excluding hydrogens is 150 g/mol. The highest BCUT2D eigenvalue weighted by Crippen LogP contribution is 2.32. The average molecular weight is 161 g/mol. The summed E-state index contributed by atoms with van der Waals surface area (Å²) in [6.07, 6.45) is 5.34. The zero-order valence-electron chi connectivity index (χ0n) is 7.23. The summed E-state index contributed by atoms with van der Waals surface area (Å²) in [5.41, 5.74) is 1.02. The van der Waals surface area contributed by atoms with Crippen LogP contribution >= 0.6 is 0 Å². The first-order valence-corrected chi connectivity index (χ1v) is 4.14. The highest BCUT2D eigenvalue weighted by molar-refractivity contribution is 5.77. The Kier molecular flexibility index (Phi) is 1.64. The maximum absolute atomic E-state index is 4.27. The lowest BCUT2D eigenvalue weighted by Crippen LogP contribution is -2.06. The molecule has 1 aromatic heterocycles. The molecule has 0 bridgehead atoms. The normalized spacial score (nSPS) is 20.1. The van der Waals surface area contributed by atoms with E-state index < -0.39 is 0 Å². The molecule has 0 saturated carbocycles. The van der Waals surface area contributed by atoms with Crippen LogP contribution in [0, 0.1) is 5.92 Å². The van der Waals surface area contributed by atoms with Gasteiger partial charge in [-0.3, -0.25) is 4.98 Å². The third-order valence-electron chi connectivity index (χ3n) is 2.10. The molecule has 1 aromatic rings. The molecule has 0 spiro atoms. The first kappa shape index (κ1) is 7.40. The first-order chi connectivity index (χ1) is 5.79. The van der Waals surface area contributed by atoms with Crippen molar-refractivity contribution >= 4 is 12.0 Å². The fourth-order valence-electron chi connectivity index (χ4n) is 1.39. The van der Waals surface area contributed by atoms with Gasteiger partial charge in [0.2, 0.25) is 0 Å². The molecule has 0 saturated heterocycles. The van der Waals surface area contributed by atoms with Gasteiger partial charge in [-0.15, -0.1) is 0 Å². The number of rotatable bonds is 1. The van der Waals surface area contributed by atoms with Gasteiger partial charge in [0.15, 0.2) is 5.82 Å². The van der Waals surface area contributed by atoms with E-state index in [9.17, 15) is 0 Å². The topological polar surface area (TPSA) is 38.1 Å². The molecule has 2 heterocycles. The van der Waals surface area contributed by atoms with Crippen LogP contribution in [-0.4, -0.2) is 16.2 Å². The van der Waals surface area contributed by atoms with Gasteiger partial charge in [0.1, 0.15) is 0 Å². The Balaban J connectivity index is 2.42. The lowest BCUT2D eigenvalue weighted by atomic mass is 9.95. The molecule has 0 aromatic carbocycles. The van der Waals surface area contributed by atoms with Gasteiger partial charge >= 0.3 is 0 Å². The minimum atomic E-state index is 0.355. The van der Waals surface area contributed by atoms with Crippen molar-refractivity contribution in [1.82, 2.24) is 9.97 Å². The Hall–Kier alpha value is -1.25. The Morgan fingerprint density at radius 3 is 2.75 bits per heavy atom. The molecule has 0 radical (unpaired) electrons. The molecule has 3 nitrogen and oxygen atoms in total. The van der Waals surface area contributed by atoms with Crippen molar-refractivity contribution in [2.45, 2.75) is 19.8 Å². The van der Waals surface area contributed by atoms with Gasteiger partial charge in [-0.05, 0) is 5.92 Å². The van der Waals surface area contributed by atoms with Gasteiger partial charge < -0.3 is 0 Å². The van der Waals surface area contributed by atoms with E-state index in [1.165, 1.54) is 0 Å². The fourth-order valence-corrected chi connectivity index (χ4v) is 1.39. The summed E-state index contributed by atoms with van der Waals surface area (Å²) in [5.74, 6) is 1.69. The van der Waals surface area contributed by atoms with Gasteiger partial charge in [-0.2, -0.15) is 0 Å². The van der Waals surface area contributed by atoms with Crippen LogP contribution in [0.2, 0.25) is 0 Å². The van der Waals surface area contributed by atoms with Crippen LogP contribution in [0.5, 0.6) is 0 Å². The summed E-state index contributed by atoms with van der Waals surface area (Å²) >= 11 is 0. The molecule has 3 heteroatoms. The van der Waals surface area contributed by atoms with E-state index in [2.05, 4.69) is 28.8 Å². The van der Waals surface area contributed by atoms with Crippen molar-refractivity contribution in [2.24, 2.45) is 10.9 Å². The van der Waals surface area contributed by atoms with E-state index in [-0.39, 0.29) is 0 Å². The quantitative estimate of drug-likeness (QED) is 0.631. The lowest BCUT2D eigenvalue weighted by Gasteiger charge is -2.10. The Morgan fingerprint density at radius 1 is 1.25 bits per heavy atom. The molecule has 62 valence electrons. The van der Waals surface area contributed by atoms with Crippen LogP contribution in [0.4, 0.5) is 5.82 Å². The van der Waals surface area contributed by atoms with Gasteiger partial charge in [-0.25, -0.2) is 9.98 Å². The summed E-state index contributed by atoms with van der Waals surface area (Å²) in [6.45, 7) is 4.33. The number of aromatic nitrogens is 2. The minimum absolute atomic E-state index is 0.355. The molecule has 1 unspecified atom stereocenters. The number of fused-ring (bicyclic) bond motifs is 1. The third-order valence-corrected chi connectivity index (χ3v) is 2.10. The Bertz CT molecular complexity index is 317. The van der Waals surface area contributed by atoms with E-state index in [0.717, 1.165) is 11.5 Å². The molecule has 1 aliphatic rings. The largest absolute Gasteiger partial charge is 0.255 e. The second-order valence-electron chi connectivity index (χ2n) is 3.31. The zero-order chi connectivity index (χ0) is 8.55. The van der Waals surface area contributed by atoms with Crippen LogP contribution in [0.15, 0.2) is 17.4 Å². The molecule has 1 atom stereocenters. The van der Waals surface area contributed by atoms with Gasteiger partial charge in [-0.1, -0.05) is 13.8 Å². The molecule has 1 aliphatic heterocycles. The van der Waals surface area contributed by atoms with E-state index in [1.54, 1.807) is 12.4 Å². The van der Waals surface area contributed by atoms with E-state index in [0.29, 0.717) is 11.8 Å². The number of hydrogen-bond donors (Lipinski definition) is 0. The van der Waals surface area contributed by atoms with Crippen molar-refractivity contribution in [3.05, 3.63) is 18.1 Å². The highest BCUT2D eigenvalue weighted by atomic mass is 15.0. The molecule has 0 amide bonds. The molecule has 0 N–H and O–H groups in total. The standard InChI is InChI=1S/C9H11N3/c1-6(2)7-5-12-9-8(7)10-3-4-11-9/h3-7H,1-2H3. The summed E-state index contributed by atoms with van der Waals surface area (Å²) in [4.78, 5) is 12.6. The van der Waals surface area contributed by atoms with Gasteiger partial charge in [0.05, 0.1) is 5.69 Å². The molecule has 2 rings (SSSR count). The Labute approximate surface area is 71.6 Å². The summed E-state index contributed by atoms with van der Waals surface area (Å²) < 4.78 is 0. The van der Waals surface area contributed by atoms with E-state index in [4.69, 9.17) is 0 Å². The Morgan fingerprint density at radius 2 is 2.00 bits per heavy atom. The summed E-state index contributed by atoms with van der Waals surface area (Å²) in [7, 11) is 0. The monoisotopic (exact) mass is 161 g/mol. The van der Waals surface area contributed by atoms with Crippen molar-refractivity contribution in [3.63, 3.8) is 0 Å². The SMILES string of the molecule is CC(C)C1C=Nc2nccnc21. The van der Waals surface area contributed by atoms with Crippen LogP contribution in [-0.2, 0) is 0 Å². The van der Waals surface area contributed by atoms with Crippen molar-refractivity contribution < 1.29 is 0 Å². The number of aliphatic imine (C=N–C) groups is 1. The number of nitrogens with zero attached hydrogens (tertiary/aromatic N) is 3. The molecular formula is C9H11N3. The van der Waals surface area contributed by atoms with Crippen LogP contribution < -0.4 is 0 Å². The third kappa shape index (κ3) is 1.02. The molecule has 0 aliphatic carbocycles. The smallest absolute Gasteiger partial charge is 0.174 e. The second kappa shape index (κ2) is 2.66. The van der Waals surface area contributed by atoms with Gasteiger partial charge in [0, 0.05) is 24.5 Å². The summed E-state index contributed by atoms with van der Waals surface area (Å²) in [6, 6.07) is 0. The maximum atomic E-state index is 4.27. The molecule has 12 heavy (non-hydrogen) atoms. The van der Waals surface area contributed by atoms with Gasteiger partial charge in [0.25, 0.3) is 0 Å². The van der Waals surface area contributed by atoms with Crippen LogP contribution in [0.25, 0.3) is 0 Å². The number of hydrogen-bond acceptors (Lipinski definition) is 3. The predicted molar refractivity (Wildman–Crippen MR) is 47.8 cm³/mol. The van der Waals surface area contributed by atoms with E-state index in [1.807, 2.05) is 6.21 Å². The zero-order valence-corrected chi connectivity index (χ0v) is 7.23.